The maximum Gasteiger partial charge on any atom is 0.164 e. The maximum atomic E-state index is 11.5. The minimum Gasteiger partial charge on any atom is -0.512 e. The van der Waals surface area contributed by atoms with E-state index in [0.29, 0.717) is 11.8 Å². The molecular weight excluding hydrogens is 695 g/mol. The van der Waals surface area contributed by atoms with Crippen LogP contribution >= 0.6 is 0 Å². The molecule has 7 rings (SSSR count). The van der Waals surface area contributed by atoms with E-state index in [4.69, 9.17) is 4.98 Å². The van der Waals surface area contributed by atoms with E-state index in [9.17, 15) is 9.90 Å². The Bertz CT molecular complexity index is 1570. The molecule has 0 spiro atoms. The second-order valence-corrected chi connectivity index (χ2v) is 13.6. The van der Waals surface area contributed by atoms with Crippen molar-refractivity contribution in [1.82, 2.24) is 4.98 Å². The van der Waals surface area contributed by atoms with E-state index in [2.05, 4.69) is 78.9 Å². The summed E-state index contributed by atoms with van der Waals surface area (Å²) in [6.45, 7) is 11.1. The van der Waals surface area contributed by atoms with Gasteiger partial charge in [-0.1, -0.05) is 107 Å². The van der Waals surface area contributed by atoms with Crippen LogP contribution in [0.4, 0.5) is 0 Å². The number of pyridine rings is 1. The van der Waals surface area contributed by atoms with Crippen molar-refractivity contribution < 1.29 is 30.0 Å². The summed E-state index contributed by atoms with van der Waals surface area (Å²) in [6, 6.07) is 29.4. The zero-order chi connectivity index (χ0) is 29.4. The van der Waals surface area contributed by atoms with Crippen LogP contribution in [0.1, 0.15) is 90.3 Å². The molecule has 1 radical (unpaired) electrons. The zero-order valence-electron chi connectivity index (χ0n) is 25.6. The molecule has 42 heavy (non-hydrogen) atoms. The summed E-state index contributed by atoms with van der Waals surface area (Å²) in [7, 11) is 0. The predicted molar refractivity (Wildman–Crippen MR) is 170 cm³/mol. The minimum atomic E-state index is -0.417. The molecule has 0 amide bonds. The maximum absolute atomic E-state index is 11.5. The summed E-state index contributed by atoms with van der Waals surface area (Å²) in [6.07, 6.45) is 6.61. The van der Waals surface area contributed by atoms with Gasteiger partial charge in [-0.3, -0.25) is 4.79 Å². The van der Waals surface area contributed by atoms with Crippen LogP contribution in [0.2, 0.25) is 0 Å². The second-order valence-electron chi connectivity index (χ2n) is 13.6. The average Bonchev–Trinajstić information content (AvgIpc) is 2.97. The van der Waals surface area contributed by atoms with Crippen LogP contribution in [0.3, 0.4) is 0 Å². The molecule has 1 fully saturated rings. The topological polar surface area (TPSA) is 50.2 Å². The third-order valence-electron chi connectivity index (χ3n) is 8.45. The van der Waals surface area contributed by atoms with Gasteiger partial charge in [0, 0.05) is 48.6 Å². The largest absolute Gasteiger partial charge is 0.512 e. The second kappa shape index (κ2) is 12.7. The molecule has 0 unspecified atom stereocenters. The predicted octanol–water partition coefficient (Wildman–Crippen LogP) is 10.2. The molecular formula is C38H42IrNO2-. The number of hydrogen-bond acceptors (Lipinski definition) is 3. The Hall–Kier alpha value is -3.07. The summed E-state index contributed by atoms with van der Waals surface area (Å²) in [5, 5.41) is 12.2. The van der Waals surface area contributed by atoms with Crippen molar-refractivity contribution in [2.24, 2.45) is 10.8 Å². The Kier molecular flexibility index (Phi) is 9.60. The van der Waals surface area contributed by atoms with Crippen LogP contribution in [0.5, 0.6) is 0 Å². The third kappa shape index (κ3) is 6.77. The van der Waals surface area contributed by atoms with Crippen molar-refractivity contribution in [2.75, 3.05) is 0 Å². The van der Waals surface area contributed by atoms with Gasteiger partial charge in [-0.05, 0) is 53.6 Å². The molecule has 0 saturated heterocycles. The Labute approximate surface area is 264 Å². The fourth-order valence-corrected chi connectivity index (χ4v) is 5.84. The van der Waals surface area contributed by atoms with E-state index in [-0.39, 0.29) is 37.1 Å². The van der Waals surface area contributed by atoms with Crippen LogP contribution in [-0.2, 0) is 24.9 Å². The first-order chi connectivity index (χ1) is 19.4. The summed E-state index contributed by atoms with van der Waals surface area (Å²) < 4.78 is 0. The SMILES string of the molecule is CC(C)(C)C(=O)C=C(O)C(C)(C)C.[Ir].[c-]1cc(-c2ccccc2)ccc1-c1nc2c(c3ccccc13)C1CCC2CC1. The third-order valence-corrected chi connectivity index (χ3v) is 8.45. The van der Waals surface area contributed by atoms with Crippen molar-refractivity contribution in [2.45, 2.75) is 79.1 Å². The molecule has 2 bridgehead atoms. The van der Waals surface area contributed by atoms with Crippen LogP contribution in [0.15, 0.2) is 84.6 Å². The number of ketones is 1. The normalized spacial score (nSPS) is 18.0. The van der Waals surface area contributed by atoms with Crippen molar-refractivity contribution in [1.29, 1.82) is 0 Å². The Morgan fingerprint density at radius 1 is 0.786 bits per heavy atom. The van der Waals surface area contributed by atoms with Gasteiger partial charge in [0.25, 0.3) is 0 Å². The number of fused-ring (bicyclic) bond motifs is 3. The van der Waals surface area contributed by atoms with Crippen molar-refractivity contribution in [3.8, 4) is 22.4 Å². The molecule has 1 heterocycles. The van der Waals surface area contributed by atoms with E-state index in [1.165, 1.54) is 59.4 Å². The Morgan fingerprint density at radius 3 is 1.95 bits per heavy atom. The van der Waals surface area contributed by atoms with Gasteiger partial charge < -0.3 is 10.1 Å². The average molecular weight is 737 g/mol. The van der Waals surface area contributed by atoms with E-state index in [1.807, 2.05) is 41.5 Å². The molecule has 3 aliphatic rings. The first-order valence-electron chi connectivity index (χ1n) is 14.9. The summed E-state index contributed by atoms with van der Waals surface area (Å²) >= 11 is 0. The number of carbonyl (C=O) groups is 1. The smallest absolute Gasteiger partial charge is 0.164 e. The molecule has 3 nitrogen and oxygen atoms in total. The number of rotatable bonds is 3. The molecule has 3 aromatic carbocycles. The molecule has 4 aromatic rings. The van der Waals surface area contributed by atoms with E-state index in [1.54, 1.807) is 5.56 Å². The van der Waals surface area contributed by atoms with Crippen LogP contribution in [0, 0.1) is 16.9 Å². The van der Waals surface area contributed by atoms with Gasteiger partial charge >= 0.3 is 0 Å². The first kappa shape index (κ1) is 31.9. The van der Waals surface area contributed by atoms with Gasteiger partial charge in [-0.2, -0.15) is 0 Å². The van der Waals surface area contributed by atoms with E-state index in [0.717, 1.165) is 11.3 Å². The molecule has 0 atom stereocenters. The molecule has 1 N–H and O–H groups in total. The van der Waals surface area contributed by atoms with Gasteiger partial charge in [0.1, 0.15) is 5.76 Å². The minimum absolute atomic E-state index is 0. The number of aromatic nitrogens is 1. The number of allylic oxidation sites excluding steroid dienone is 2. The number of benzene rings is 3. The first-order valence-corrected chi connectivity index (χ1v) is 14.9. The number of hydrogen-bond donors (Lipinski definition) is 1. The summed E-state index contributed by atoms with van der Waals surface area (Å²) in [5.74, 6) is 1.45. The van der Waals surface area contributed by atoms with Gasteiger partial charge in [-0.15, -0.1) is 29.8 Å². The van der Waals surface area contributed by atoms with Crippen molar-refractivity contribution >= 4 is 16.6 Å². The van der Waals surface area contributed by atoms with Gasteiger partial charge in [0.15, 0.2) is 5.78 Å². The van der Waals surface area contributed by atoms with E-state index >= 15 is 0 Å². The van der Waals surface area contributed by atoms with Gasteiger partial charge in [0.05, 0.1) is 0 Å². The van der Waals surface area contributed by atoms with Crippen LogP contribution in [-0.4, -0.2) is 15.9 Å². The fourth-order valence-electron chi connectivity index (χ4n) is 5.84. The zero-order valence-corrected chi connectivity index (χ0v) is 28.0. The molecule has 221 valence electrons. The summed E-state index contributed by atoms with van der Waals surface area (Å²) in [5.41, 5.74) is 6.78. The molecule has 4 heteroatoms. The number of aliphatic hydroxyl groups excluding tert-OH is 1. The number of carbonyl (C=O) groups excluding carboxylic acids is 1. The molecule has 1 aromatic heterocycles. The van der Waals surface area contributed by atoms with Crippen LogP contribution in [0.25, 0.3) is 33.2 Å². The number of aliphatic hydroxyl groups is 1. The van der Waals surface area contributed by atoms with E-state index < -0.39 is 5.41 Å². The van der Waals surface area contributed by atoms with Crippen molar-refractivity contribution in [3.05, 3.63) is 102 Å². The quantitative estimate of drug-likeness (QED) is 0.129. The molecule has 3 aliphatic carbocycles. The van der Waals surface area contributed by atoms with Crippen LogP contribution < -0.4 is 0 Å². The fraction of sp³-hybridized carbons (Fsp3) is 0.368. The summed E-state index contributed by atoms with van der Waals surface area (Å²) in [4.78, 5) is 16.8. The molecule has 1 saturated carbocycles. The molecule has 0 aliphatic heterocycles. The Morgan fingerprint density at radius 2 is 1.38 bits per heavy atom. The monoisotopic (exact) mass is 737 g/mol. The Balaban J connectivity index is 0.000000249. The van der Waals surface area contributed by atoms with Gasteiger partial charge in [-0.25, -0.2) is 0 Å². The van der Waals surface area contributed by atoms with Crippen molar-refractivity contribution in [3.63, 3.8) is 0 Å². The standard InChI is InChI=1S/C27H22N.C11H20O2.Ir/c1-2-6-18(7-3-1)19-10-14-21(15-11-19)26-24-9-5-4-8-23(24)25-20-12-16-22(17-13-20)27(25)28-26;1-10(2,3)8(12)7-9(13)11(4,5)6;/h1-11,14,20,22H,12-13,16-17H2;7,12H,1-6H3;/q-1;;. The van der Waals surface area contributed by atoms with Gasteiger partial charge in [0.2, 0.25) is 0 Å². The number of nitrogens with zero attached hydrogens (tertiary/aromatic N) is 1.